The summed E-state index contributed by atoms with van der Waals surface area (Å²) in [5, 5.41) is 7.01. The summed E-state index contributed by atoms with van der Waals surface area (Å²) in [6.45, 7) is 3.96. The van der Waals surface area contributed by atoms with E-state index in [0.717, 1.165) is 5.56 Å². The van der Waals surface area contributed by atoms with Crippen molar-refractivity contribution in [2.24, 2.45) is 0 Å². The first-order chi connectivity index (χ1) is 10.9. The molecule has 1 aromatic carbocycles. The number of halogens is 1. The fourth-order valence-corrected chi connectivity index (χ4v) is 2.42. The zero-order chi connectivity index (χ0) is 17.0. The largest absolute Gasteiger partial charge is 0.468 e. The maximum Gasteiger partial charge on any atom is 0.325 e. The molecule has 0 spiro atoms. The van der Waals surface area contributed by atoms with Crippen molar-refractivity contribution in [2.45, 2.75) is 20.4 Å². The van der Waals surface area contributed by atoms with Gasteiger partial charge in [0, 0.05) is 0 Å². The number of hydrogen-bond acceptors (Lipinski definition) is 4. The Balaban J connectivity index is 2.16. The number of hydrogen-bond donors (Lipinski definition) is 1. The van der Waals surface area contributed by atoms with Crippen LogP contribution in [-0.2, 0) is 16.1 Å². The highest BCUT2D eigenvalue weighted by molar-refractivity contribution is 6.33. The van der Waals surface area contributed by atoms with E-state index in [1.54, 1.807) is 11.6 Å². The fourth-order valence-electron chi connectivity index (χ4n) is 2.10. The molecule has 0 saturated heterocycles. The van der Waals surface area contributed by atoms with Gasteiger partial charge in [-0.25, -0.2) is 4.68 Å². The summed E-state index contributed by atoms with van der Waals surface area (Å²) in [6, 6.07) is 7.98. The van der Waals surface area contributed by atoms with Gasteiger partial charge in [0.15, 0.2) is 0 Å². The Morgan fingerprint density at radius 2 is 1.91 bits per heavy atom. The van der Waals surface area contributed by atoms with Gasteiger partial charge in [-0.15, -0.1) is 0 Å². The number of aromatic nitrogens is 2. The quantitative estimate of drug-likeness (QED) is 0.849. The zero-order valence-electron chi connectivity index (χ0n) is 13.2. The predicted molar refractivity (Wildman–Crippen MR) is 86.6 cm³/mol. The molecule has 0 aliphatic carbocycles. The van der Waals surface area contributed by atoms with Crippen molar-refractivity contribution in [1.29, 1.82) is 0 Å². The topological polar surface area (TPSA) is 73.2 Å². The van der Waals surface area contributed by atoms with E-state index in [9.17, 15) is 9.59 Å². The van der Waals surface area contributed by atoms with E-state index in [2.05, 4.69) is 15.2 Å². The number of esters is 1. The SMILES string of the molecule is COC(=O)CNC(=O)c1c(C)nn(Cc2ccc(C)cc2)c1Cl. The van der Waals surface area contributed by atoms with Crippen LogP contribution in [0, 0.1) is 13.8 Å². The van der Waals surface area contributed by atoms with Crippen molar-refractivity contribution < 1.29 is 14.3 Å². The second kappa shape index (κ2) is 7.28. The minimum atomic E-state index is -0.529. The monoisotopic (exact) mass is 335 g/mol. The Morgan fingerprint density at radius 3 is 2.52 bits per heavy atom. The second-order valence-electron chi connectivity index (χ2n) is 5.15. The molecular formula is C16H18ClN3O3. The van der Waals surface area contributed by atoms with Gasteiger partial charge in [0.05, 0.1) is 24.9 Å². The lowest BCUT2D eigenvalue weighted by atomic mass is 10.1. The molecule has 1 amide bonds. The van der Waals surface area contributed by atoms with Crippen LogP contribution in [0.5, 0.6) is 0 Å². The summed E-state index contributed by atoms with van der Waals surface area (Å²) in [4.78, 5) is 23.3. The molecule has 0 saturated carbocycles. The number of carbonyl (C=O) groups is 2. The number of aryl methyl sites for hydroxylation is 2. The summed E-state index contributed by atoms with van der Waals surface area (Å²) < 4.78 is 6.05. The number of nitrogens with zero attached hydrogens (tertiary/aromatic N) is 2. The van der Waals surface area contributed by atoms with E-state index >= 15 is 0 Å². The lowest BCUT2D eigenvalue weighted by molar-refractivity contribution is -0.139. The summed E-state index contributed by atoms with van der Waals surface area (Å²) in [5.74, 6) is -0.979. The third-order valence-electron chi connectivity index (χ3n) is 3.37. The normalized spacial score (nSPS) is 10.4. The lowest BCUT2D eigenvalue weighted by Crippen LogP contribution is -2.30. The van der Waals surface area contributed by atoms with Crippen LogP contribution < -0.4 is 5.32 Å². The van der Waals surface area contributed by atoms with Gasteiger partial charge in [0.2, 0.25) is 0 Å². The molecule has 1 heterocycles. The fraction of sp³-hybridized carbons (Fsp3) is 0.312. The van der Waals surface area contributed by atoms with Crippen molar-refractivity contribution in [3.05, 3.63) is 51.8 Å². The Morgan fingerprint density at radius 1 is 1.26 bits per heavy atom. The van der Waals surface area contributed by atoms with Gasteiger partial charge in [-0.1, -0.05) is 41.4 Å². The summed E-state index contributed by atoms with van der Waals surface area (Å²) in [5.41, 5.74) is 2.97. The predicted octanol–water partition coefficient (Wildman–Crippen LogP) is 2.10. The third-order valence-corrected chi connectivity index (χ3v) is 3.75. The summed E-state index contributed by atoms with van der Waals surface area (Å²) in [7, 11) is 1.26. The molecule has 1 N–H and O–H groups in total. The number of nitrogens with one attached hydrogen (secondary N) is 1. The maximum atomic E-state index is 12.2. The number of benzene rings is 1. The van der Waals surface area contributed by atoms with Gasteiger partial charge in [-0.05, 0) is 19.4 Å². The van der Waals surface area contributed by atoms with Gasteiger partial charge in [-0.2, -0.15) is 5.10 Å². The highest BCUT2D eigenvalue weighted by Crippen LogP contribution is 2.21. The molecule has 0 bridgehead atoms. The average Bonchev–Trinajstić information content (AvgIpc) is 2.81. The number of carbonyl (C=O) groups excluding carboxylic acids is 2. The number of methoxy groups -OCH3 is 1. The Bertz CT molecular complexity index is 723. The smallest absolute Gasteiger partial charge is 0.325 e. The molecule has 0 aliphatic rings. The van der Waals surface area contributed by atoms with Crippen LogP contribution in [0.2, 0.25) is 5.15 Å². The van der Waals surface area contributed by atoms with Crippen molar-refractivity contribution in [3.63, 3.8) is 0 Å². The van der Waals surface area contributed by atoms with Crippen LogP contribution in [0.4, 0.5) is 0 Å². The third kappa shape index (κ3) is 4.10. The highest BCUT2D eigenvalue weighted by Gasteiger charge is 2.20. The van der Waals surface area contributed by atoms with Gasteiger partial charge >= 0.3 is 5.97 Å². The van der Waals surface area contributed by atoms with Crippen molar-refractivity contribution in [1.82, 2.24) is 15.1 Å². The Hall–Kier alpha value is -2.34. The molecule has 23 heavy (non-hydrogen) atoms. The van der Waals surface area contributed by atoms with Gasteiger partial charge in [0.25, 0.3) is 5.91 Å². The molecule has 0 atom stereocenters. The van der Waals surface area contributed by atoms with Crippen molar-refractivity contribution >= 4 is 23.5 Å². The van der Waals surface area contributed by atoms with E-state index in [1.807, 2.05) is 31.2 Å². The first-order valence-electron chi connectivity index (χ1n) is 7.06. The molecule has 0 aliphatic heterocycles. The number of rotatable bonds is 5. The second-order valence-corrected chi connectivity index (χ2v) is 5.51. The maximum absolute atomic E-state index is 12.2. The average molecular weight is 336 g/mol. The first kappa shape index (κ1) is 17.0. The van der Waals surface area contributed by atoms with Crippen LogP contribution in [0.1, 0.15) is 27.2 Å². The summed E-state index contributed by atoms with van der Waals surface area (Å²) >= 11 is 6.28. The lowest BCUT2D eigenvalue weighted by Gasteiger charge is -2.05. The van der Waals surface area contributed by atoms with E-state index in [4.69, 9.17) is 11.6 Å². The highest BCUT2D eigenvalue weighted by atomic mass is 35.5. The standard InChI is InChI=1S/C16H18ClN3O3/c1-10-4-6-12(7-5-10)9-20-15(17)14(11(2)19-20)16(22)18-8-13(21)23-3/h4-7H,8-9H2,1-3H3,(H,18,22). The van der Waals surface area contributed by atoms with E-state index < -0.39 is 11.9 Å². The van der Waals surface area contributed by atoms with Crippen molar-refractivity contribution in [3.8, 4) is 0 Å². The van der Waals surface area contributed by atoms with E-state index in [1.165, 1.54) is 12.7 Å². The molecule has 1 aromatic heterocycles. The van der Waals surface area contributed by atoms with Crippen LogP contribution in [-0.4, -0.2) is 35.3 Å². The minimum Gasteiger partial charge on any atom is -0.468 e. The first-order valence-corrected chi connectivity index (χ1v) is 7.43. The van der Waals surface area contributed by atoms with Crippen LogP contribution >= 0.6 is 11.6 Å². The van der Waals surface area contributed by atoms with Crippen LogP contribution in [0.3, 0.4) is 0 Å². The molecule has 2 rings (SSSR count). The van der Waals surface area contributed by atoms with E-state index in [-0.39, 0.29) is 17.3 Å². The Kier molecular flexibility index (Phi) is 5.39. The molecule has 7 heteroatoms. The molecule has 6 nitrogen and oxygen atoms in total. The zero-order valence-corrected chi connectivity index (χ0v) is 14.0. The van der Waals surface area contributed by atoms with Gasteiger partial charge in [-0.3, -0.25) is 9.59 Å². The molecule has 122 valence electrons. The molecular weight excluding hydrogens is 318 g/mol. The van der Waals surface area contributed by atoms with Crippen LogP contribution in [0.15, 0.2) is 24.3 Å². The Labute approximate surface area is 139 Å². The molecule has 0 fully saturated rings. The molecule has 2 aromatic rings. The van der Waals surface area contributed by atoms with Gasteiger partial charge in [0.1, 0.15) is 11.7 Å². The van der Waals surface area contributed by atoms with E-state index in [0.29, 0.717) is 12.2 Å². The number of ether oxygens (including phenoxy) is 1. The number of amides is 1. The molecule has 0 radical (unpaired) electrons. The van der Waals surface area contributed by atoms with Crippen molar-refractivity contribution in [2.75, 3.05) is 13.7 Å². The summed E-state index contributed by atoms with van der Waals surface area (Å²) in [6.07, 6.45) is 0. The van der Waals surface area contributed by atoms with Gasteiger partial charge < -0.3 is 10.1 Å². The molecule has 0 unspecified atom stereocenters. The van der Waals surface area contributed by atoms with Crippen LogP contribution in [0.25, 0.3) is 0 Å². The minimum absolute atomic E-state index is 0.214.